The van der Waals surface area contributed by atoms with Crippen molar-refractivity contribution in [1.82, 2.24) is 0 Å². The van der Waals surface area contributed by atoms with E-state index in [4.69, 9.17) is 9.47 Å². The van der Waals surface area contributed by atoms with Crippen LogP contribution in [0.15, 0.2) is 42.5 Å². The molecule has 2 rings (SSSR count). The minimum absolute atomic E-state index is 0.637. The first kappa shape index (κ1) is 14.3. The molecule has 0 aliphatic heterocycles. The topological polar surface area (TPSA) is 30.5 Å². The van der Waals surface area contributed by atoms with Crippen molar-refractivity contribution in [3.63, 3.8) is 0 Å². The van der Waals surface area contributed by atoms with E-state index in [2.05, 4.69) is 31.3 Å². The maximum atomic E-state index is 5.85. The highest BCUT2D eigenvalue weighted by Gasteiger charge is 2.02. The van der Waals surface area contributed by atoms with E-state index in [-0.39, 0.29) is 0 Å². The fourth-order valence-corrected chi connectivity index (χ4v) is 2.08. The Balaban J connectivity index is 1.81. The first-order valence-electron chi connectivity index (χ1n) is 6.77. The van der Waals surface area contributed by atoms with Crippen LogP contribution in [0.1, 0.15) is 11.1 Å². The average molecular weight is 271 g/mol. The quantitative estimate of drug-likeness (QED) is 0.811. The molecule has 2 aromatic carbocycles. The maximum Gasteiger partial charge on any atom is 0.125 e. The molecule has 0 spiro atoms. The third kappa shape index (κ3) is 3.67. The molecule has 0 unspecified atom stereocenters. The lowest BCUT2D eigenvalue weighted by atomic mass is 10.1. The number of rotatable bonds is 6. The highest BCUT2D eigenvalue weighted by molar-refractivity contribution is 5.46. The van der Waals surface area contributed by atoms with E-state index in [1.165, 1.54) is 11.1 Å². The molecule has 106 valence electrons. The summed E-state index contributed by atoms with van der Waals surface area (Å²) in [5.41, 5.74) is 3.42. The predicted molar refractivity (Wildman–Crippen MR) is 82.9 cm³/mol. The van der Waals surface area contributed by atoms with Gasteiger partial charge in [0.15, 0.2) is 0 Å². The van der Waals surface area contributed by atoms with Gasteiger partial charge in [0.2, 0.25) is 0 Å². The van der Waals surface area contributed by atoms with Crippen LogP contribution in [0.4, 0.5) is 5.69 Å². The zero-order valence-corrected chi connectivity index (χ0v) is 12.3. The zero-order valence-electron chi connectivity index (χ0n) is 12.3. The Labute approximate surface area is 120 Å². The lowest BCUT2D eigenvalue weighted by molar-refractivity contribution is 0.328. The Morgan fingerprint density at radius 1 is 0.950 bits per heavy atom. The molecule has 0 saturated carbocycles. The Kier molecular flexibility index (Phi) is 4.88. The summed E-state index contributed by atoms with van der Waals surface area (Å²) < 4.78 is 11.0. The first-order chi connectivity index (χ1) is 9.70. The maximum absolute atomic E-state index is 5.85. The first-order valence-corrected chi connectivity index (χ1v) is 6.77. The predicted octanol–water partition coefficient (Wildman–Crippen LogP) is 3.80. The minimum atomic E-state index is 0.637. The molecular formula is C17H21NO2. The molecule has 1 N–H and O–H groups in total. The number of benzene rings is 2. The number of aryl methyl sites for hydroxylation is 2. The standard InChI is InChI=1S/C17H21NO2/c1-13-5-4-6-14(2)17(13)20-12-11-18-15-7-9-16(19-3)10-8-15/h4-10,18H,11-12H2,1-3H3. The van der Waals surface area contributed by atoms with Crippen LogP contribution in [-0.4, -0.2) is 20.3 Å². The molecule has 3 nitrogen and oxygen atoms in total. The minimum Gasteiger partial charge on any atom is -0.497 e. The van der Waals surface area contributed by atoms with Crippen LogP contribution >= 0.6 is 0 Å². The van der Waals surface area contributed by atoms with E-state index in [0.29, 0.717) is 6.61 Å². The van der Waals surface area contributed by atoms with Crippen molar-refractivity contribution in [3.8, 4) is 11.5 Å². The monoisotopic (exact) mass is 271 g/mol. The molecule has 2 aromatic rings. The molecule has 0 fully saturated rings. The second-order valence-corrected chi connectivity index (χ2v) is 4.72. The van der Waals surface area contributed by atoms with Gasteiger partial charge in [-0.3, -0.25) is 0 Å². The van der Waals surface area contributed by atoms with E-state index in [9.17, 15) is 0 Å². The van der Waals surface area contributed by atoms with Crippen molar-refractivity contribution in [3.05, 3.63) is 53.6 Å². The molecule has 0 aromatic heterocycles. The molecule has 0 aliphatic carbocycles. The van der Waals surface area contributed by atoms with Crippen molar-refractivity contribution in [2.75, 3.05) is 25.6 Å². The zero-order chi connectivity index (χ0) is 14.4. The fourth-order valence-electron chi connectivity index (χ4n) is 2.08. The largest absolute Gasteiger partial charge is 0.497 e. The van der Waals surface area contributed by atoms with Gasteiger partial charge in [-0.05, 0) is 49.2 Å². The van der Waals surface area contributed by atoms with E-state index in [1.807, 2.05) is 30.3 Å². The van der Waals surface area contributed by atoms with Crippen LogP contribution in [0.2, 0.25) is 0 Å². The molecule has 0 atom stereocenters. The number of ether oxygens (including phenoxy) is 2. The summed E-state index contributed by atoms with van der Waals surface area (Å²) >= 11 is 0. The van der Waals surface area contributed by atoms with E-state index >= 15 is 0 Å². The Bertz CT molecular complexity index is 529. The summed E-state index contributed by atoms with van der Waals surface area (Å²) in [5.74, 6) is 1.85. The van der Waals surface area contributed by atoms with Gasteiger partial charge in [-0.25, -0.2) is 0 Å². The number of methoxy groups -OCH3 is 1. The van der Waals surface area contributed by atoms with Gasteiger partial charge in [0.1, 0.15) is 18.1 Å². The summed E-state index contributed by atoms with van der Waals surface area (Å²) in [5, 5.41) is 3.32. The summed E-state index contributed by atoms with van der Waals surface area (Å²) in [6.07, 6.45) is 0. The van der Waals surface area contributed by atoms with Gasteiger partial charge in [-0.2, -0.15) is 0 Å². The van der Waals surface area contributed by atoms with E-state index in [1.54, 1.807) is 7.11 Å². The SMILES string of the molecule is COc1ccc(NCCOc2c(C)cccc2C)cc1. The normalized spacial score (nSPS) is 10.2. The van der Waals surface area contributed by atoms with Crippen molar-refractivity contribution in [2.24, 2.45) is 0 Å². The molecule has 3 heteroatoms. The van der Waals surface area contributed by atoms with Crippen LogP contribution in [0, 0.1) is 13.8 Å². The highest BCUT2D eigenvalue weighted by Crippen LogP contribution is 2.22. The van der Waals surface area contributed by atoms with Crippen LogP contribution in [0.25, 0.3) is 0 Å². The number of para-hydroxylation sites is 1. The average Bonchev–Trinajstić information content (AvgIpc) is 2.46. The molecule has 20 heavy (non-hydrogen) atoms. The van der Waals surface area contributed by atoms with Gasteiger partial charge >= 0.3 is 0 Å². The summed E-state index contributed by atoms with van der Waals surface area (Å²) in [4.78, 5) is 0. The second kappa shape index (κ2) is 6.85. The third-order valence-electron chi connectivity index (χ3n) is 3.18. The van der Waals surface area contributed by atoms with Crippen LogP contribution in [0.3, 0.4) is 0 Å². The summed E-state index contributed by atoms with van der Waals surface area (Å²) in [6, 6.07) is 14.1. The van der Waals surface area contributed by atoms with E-state index < -0.39 is 0 Å². The van der Waals surface area contributed by atoms with Crippen molar-refractivity contribution < 1.29 is 9.47 Å². The number of anilines is 1. The highest BCUT2D eigenvalue weighted by atomic mass is 16.5. The smallest absolute Gasteiger partial charge is 0.125 e. The van der Waals surface area contributed by atoms with Gasteiger partial charge < -0.3 is 14.8 Å². The Morgan fingerprint density at radius 2 is 1.60 bits per heavy atom. The van der Waals surface area contributed by atoms with Gasteiger partial charge in [0.05, 0.1) is 7.11 Å². The molecule has 0 saturated heterocycles. The second-order valence-electron chi connectivity index (χ2n) is 4.72. The van der Waals surface area contributed by atoms with Crippen molar-refractivity contribution in [1.29, 1.82) is 0 Å². The van der Waals surface area contributed by atoms with Crippen LogP contribution < -0.4 is 14.8 Å². The van der Waals surface area contributed by atoms with Crippen LogP contribution in [-0.2, 0) is 0 Å². The Morgan fingerprint density at radius 3 is 2.20 bits per heavy atom. The number of nitrogens with one attached hydrogen (secondary N) is 1. The summed E-state index contributed by atoms with van der Waals surface area (Å²) in [7, 11) is 1.67. The summed E-state index contributed by atoms with van der Waals surface area (Å²) in [6.45, 7) is 5.54. The lowest BCUT2D eigenvalue weighted by Crippen LogP contribution is -2.12. The molecule has 0 amide bonds. The van der Waals surface area contributed by atoms with Gasteiger partial charge in [-0.1, -0.05) is 18.2 Å². The fraction of sp³-hybridized carbons (Fsp3) is 0.294. The molecule has 0 radical (unpaired) electrons. The van der Waals surface area contributed by atoms with Crippen LogP contribution in [0.5, 0.6) is 11.5 Å². The van der Waals surface area contributed by atoms with Gasteiger partial charge in [-0.15, -0.1) is 0 Å². The van der Waals surface area contributed by atoms with Crippen molar-refractivity contribution in [2.45, 2.75) is 13.8 Å². The molecule has 0 aliphatic rings. The Hall–Kier alpha value is -2.16. The molecular weight excluding hydrogens is 250 g/mol. The molecule has 0 heterocycles. The number of hydrogen-bond acceptors (Lipinski definition) is 3. The molecule has 0 bridgehead atoms. The van der Waals surface area contributed by atoms with Gasteiger partial charge in [0, 0.05) is 12.2 Å². The number of hydrogen-bond donors (Lipinski definition) is 1. The van der Waals surface area contributed by atoms with Crippen molar-refractivity contribution >= 4 is 5.69 Å². The third-order valence-corrected chi connectivity index (χ3v) is 3.18. The van der Waals surface area contributed by atoms with Gasteiger partial charge in [0.25, 0.3) is 0 Å². The lowest BCUT2D eigenvalue weighted by Gasteiger charge is -2.13. The van der Waals surface area contributed by atoms with E-state index in [0.717, 1.165) is 23.7 Å².